The lowest BCUT2D eigenvalue weighted by molar-refractivity contribution is -0.384. The number of nitro groups is 1. The number of rotatable bonds is 6. The highest BCUT2D eigenvalue weighted by Gasteiger charge is 2.30. The van der Waals surface area contributed by atoms with E-state index in [1.54, 1.807) is 6.08 Å². The van der Waals surface area contributed by atoms with Crippen LogP contribution in [0.3, 0.4) is 0 Å². The van der Waals surface area contributed by atoms with Crippen LogP contribution in [0.5, 0.6) is 0 Å². The molecule has 1 fully saturated rings. The fraction of sp³-hybridized carbons (Fsp3) is 0.250. The van der Waals surface area contributed by atoms with Crippen LogP contribution in [-0.4, -0.2) is 36.6 Å². The van der Waals surface area contributed by atoms with Gasteiger partial charge in [-0.25, -0.2) is 8.42 Å². The summed E-state index contributed by atoms with van der Waals surface area (Å²) in [5.41, 5.74) is 0.768. The topological polar surface area (TPSA) is 110 Å². The summed E-state index contributed by atoms with van der Waals surface area (Å²) in [4.78, 5) is 22.9. The Kier molecular flexibility index (Phi) is 6.86. The molecule has 1 aliphatic heterocycles. The van der Waals surface area contributed by atoms with Crippen LogP contribution in [0.25, 0.3) is 6.08 Å². The Labute approximate surface area is 179 Å². The zero-order valence-electron chi connectivity index (χ0n) is 15.9. The maximum atomic E-state index is 12.5. The SMILES string of the molecule is O=C(Nc1ccc(Cl)c([N+](=O)[O-])c1)C1CCN(S(=O)(=O)/C=C/c2ccccc2)CC1. The van der Waals surface area contributed by atoms with Gasteiger partial charge in [0.2, 0.25) is 15.9 Å². The van der Waals surface area contributed by atoms with E-state index in [1.165, 1.54) is 27.9 Å². The molecule has 2 aromatic carbocycles. The Morgan fingerprint density at radius 2 is 1.83 bits per heavy atom. The number of nitrogens with zero attached hydrogens (tertiary/aromatic N) is 2. The molecule has 0 aromatic heterocycles. The lowest BCUT2D eigenvalue weighted by Crippen LogP contribution is -2.40. The summed E-state index contributed by atoms with van der Waals surface area (Å²) in [6.45, 7) is 0.445. The van der Waals surface area contributed by atoms with Crippen molar-refractivity contribution in [2.75, 3.05) is 18.4 Å². The first kappa shape index (κ1) is 21.9. The van der Waals surface area contributed by atoms with Crippen molar-refractivity contribution in [3.8, 4) is 0 Å². The van der Waals surface area contributed by atoms with E-state index < -0.39 is 14.9 Å². The number of nitro benzene ring substituents is 1. The first-order chi connectivity index (χ1) is 14.3. The van der Waals surface area contributed by atoms with Gasteiger partial charge in [-0.2, -0.15) is 4.31 Å². The van der Waals surface area contributed by atoms with Crippen LogP contribution < -0.4 is 5.32 Å². The van der Waals surface area contributed by atoms with E-state index >= 15 is 0 Å². The molecule has 30 heavy (non-hydrogen) atoms. The molecule has 8 nitrogen and oxygen atoms in total. The summed E-state index contributed by atoms with van der Waals surface area (Å²) in [6.07, 6.45) is 2.27. The van der Waals surface area contributed by atoms with Crippen LogP contribution in [0.1, 0.15) is 18.4 Å². The number of halogens is 1. The predicted octanol–water partition coefficient (Wildman–Crippen LogP) is 3.90. The standard InChI is InChI=1S/C20H20ClN3O5S/c21-18-7-6-17(14-19(18)24(26)27)22-20(25)16-8-11-23(12-9-16)30(28,29)13-10-15-4-2-1-3-5-15/h1-7,10,13-14,16H,8-9,11-12H2,(H,22,25)/b13-10+. The normalized spacial score (nSPS) is 15.9. The molecular weight excluding hydrogens is 430 g/mol. The molecule has 0 atom stereocenters. The van der Waals surface area contributed by atoms with E-state index in [2.05, 4.69) is 5.32 Å². The van der Waals surface area contributed by atoms with Gasteiger partial charge in [0.25, 0.3) is 5.69 Å². The van der Waals surface area contributed by atoms with Gasteiger partial charge in [0.05, 0.1) is 4.92 Å². The highest BCUT2D eigenvalue weighted by Crippen LogP contribution is 2.28. The van der Waals surface area contributed by atoms with Crippen LogP contribution >= 0.6 is 11.6 Å². The van der Waals surface area contributed by atoms with Gasteiger partial charge in [0, 0.05) is 36.2 Å². The molecule has 158 valence electrons. The molecule has 0 radical (unpaired) electrons. The smallest absolute Gasteiger partial charge is 0.289 e. The van der Waals surface area contributed by atoms with Crippen LogP contribution in [0, 0.1) is 16.0 Å². The minimum absolute atomic E-state index is 0.0138. The predicted molar refractivity (Wildman–Crippen MR) is 115 cm³/mol. The number of benzene rings is 2. The Bertz CT molecular complexity index is 1070. The van der Waals surface area contributed by atoms with Gasteiger partial charge in [-0.05, 0) is 36.6 Å². The molecule has 10 heteroatoms. The molecule has 1 amide bonds. The van der Waals surface area contributed by atoms with Crippen molar-refractivity contribution in [2.45, 2.75) is 12.8 Å². The van der Waals surface area contributed by atoms with Crippen LogP contribution in [0.4, 0.5) is 11.4 Å². The summed E-state index contributed by atoms with van der Waals surface area (Å²) in [5, 5.41) is 14.8. The maximum absolute atomic E-state index is 12.5. The van der Waals surface area contributed by atoms with E-state index in [-0.39, 0.29) is 41.3 Å². The zero-order chi connectivity index (χ0) is 21.7. The van der Waals surface area contributed by atoms with Gasteiger partial charge < -0.3 is 5.32 Å². The van der Waals surface area contributed by atoms with Gasteiger partial charge in [-0.15, -0.1) is 0 Å². The summed E-state index contributed by atoms with van der Waals surface area (Å²) < 4.78 is 26.4. The Balaban J connectivity index is 1.58. The van der Waals surface area contributed by atoms with E-state index in [4.69, 9.17) is 11.6 Å². The van der Waals surface area contributed by atoms with Crippen molar-refractivity contribution >= 4 is 45.0 Å². The number of carbonyl (C=O) groups is 1. The highest BCUT2D eigenvalue weighted by atomic mass is 35.5. The Morgan fingerprint density at radius 1 is 1.17 bits per heavy atom. The average Bonchev–Trinajstić information content (AvgIpc) is 2.74. The van der Waals surface area contributed by atoms with Crippen molar-refractivity contribution < 1.29 is 18.1 Å². The number of nitrogens with one attached hydrogen (secondary N) is 1. The molecule has 0 saturated carbocycles. The Hall–Kier alpha value is -2.75. The summed E-state index contributed by atoms with van der Waals surface area (Å²) in [5.74, 6) is -0.687. The minimum atomic E-state index is -3.58. The maximum Gasteiger partial charge on any atom is 0.289 e. The minimum Gasteiger partial charge on any atom is -0.326 e. The molecule has 0 bridgehead atoms. The molecule has 0 aliphatic carbocycles. The number of anilines is 1. The number of hydrogen-bond acceptors (Lipinski definition) is 5. The third-order valence-corrected chi connectivity index (χ3v) is 6.71. The lowest BCUT2D eigenvalue weighted by atomic mass is 9.97. The molecule has 0 spiro atoms. The van der Waals surface area contributed by atoms with Crippen LogP contribution in [-0.2, 0) is 14.8 Å². The third-order valence-electron chi connectivity index (χ3n) is 4.83. The van der Waals surface area contributed by atoms with Gasteiger partial charge in [0.15, 0.2) is 0 Å². The first-order valence-corrected chi connectivity index (χ1v) is 11.1. The quantitative estimate of drug-likeness (QED) is 0.531. The second kappa shape index (κ2) is 9.38. The largest absolute Gasteiger partial charge is 0.326 e. The van der Waals surface area contributed by atoms with Crippen LogP contribution in [0.2, 0.25) is 5.02 Å². The number of hydrogen-bond donors (Lipinski definition) is 1. The van der Waals surface area contributed by atoms with Crippen LogP contribution in [0.15, 0.2) is 53.9 Å². The van der Waals surface area contributed by atoms with Crippen molar-refractivity contribution in [3.05, 3.63) is 74.6 Å². The summed E-state index contributed by atoms with van der Waals surface area (Å²) >= 11 is 5.78. The molecule has 1 heterocycles. The molecule has 1 N–H and O–H groups in total. The highest BCUT2D eigenvalue weighted by molar-refractivity contribution is 7.92. The fourth-order valence-electron chi connectivity index (χ4n) is 3.16. The van der Waals surface area contributed by atoms with Crippen molar-refractivity contribution in [1.82, 2.24) is 4.31 Å². The lowest BCUT2D eigenvalue weighted by Gasteiger charge is -2.29. The van der Waals surface area contributed by atoms with Crippen molar-refractivity contribution in [1.29, 1.82) is 0 Å². The molecule has 2 aromatic rings. The van der Waals surface area contributed by atoms with E-state index in [9.17, 15) is 23.3 Å². The number of amides is 1. The fourth-order valence-corrected chi connectivity index (χ4v) is 4.57. The number of carbonyl (C=O) groups excluding carboxylic acids is 1. The van der Waals surface area contributed by atoms with Crippen molar-refractivity contribution in [2.24, 2.45) is 5.92 Å². The second-order valence-corrected chi connectivity index (χ2v) is 9.07. The van der Waals surface area contributed by atoms with Gasteiger partial charge in [0.1, 0.15) is 5.02 Å². The van der Waals surface area contributed by atoms with E-state index in [0.717, 1.165) is 5.56 Å². The summed E-state index contributed by atoms with van der Waals surface area (Å²) in [7, 11) is -3.58. The van der Waals surface area contributed by atoms with E-state index in [0.29, 0.717) is 12.8 Å². The molecule has 1 aliphatic rings. The van der Waals surface area contributed by atoms with Gasteiger partial charge in [-0.1, -0.05) is 41.9 Å². The van der Waals surface area contributed by atoms with Gasteiger partial charge in [-0.3, -0.25) is 14.9 Å². The average molecular weight is 450 g/mol. The zero-order valence-corrected chi connectivity index (χ0v) is 17.5. The number of sulfonamides is 1. The Morgan fingerprint density at radius 3 is 2.47 bits per heavy atom. The molecule has 3 rings (SSSR count). The second-order valence-electron chi connectivity index (χ2n) is 6.84. The monoisotopic (exact) mass is 449 g/mol. The third kappa shape index (κ3) is 5.44. The number of piperidine rings is 1. The molecular formula is C20H20ClN3O5S. The first-order valence-electron chi connectivity index (χ1n) is 9.24. The van der Waals surface area contributed by atoms with Crippen molar-refractivity contribution in [3.63, 3.8) is 0 Å². The molecule has 0 unspecified atom stereocenters. The van der Waals surface area contributed by atoms with E-state index in [1.807, 2.05) is 30.3 Å². The van der Waals surface area contributed by atoms with Gasteiger partial charge >= 0.3 is 0 Å². The molecule has 1 saturated heterocycles. The summed E-state index contributed by atoms with van der Waals surface area (Å²) in [6, 6.07) is 13.2.